The van der Waals surface area contributed by atoms with E-state index in [0.717, 1.165) is 17.2 Å². The lowest BCUT2D eigenvalue weighted by atomic mass is 10.0. The van der Waals surface area contributed by atoms with Crippen molar-refractivity contribution in [1.29, 1.82) is 0 Å². The molecule has 0 bridgehead atoms. The number of hydrogen-bond donors (Lipinski definition) is 1. The van der Waals surface area contributed by atoms with Crippen LogP contribution in [0.25, 0.3) is 17.2 Å². The van der Waals surface area contributed by atoms with Crippen molar-refractivity contribution in [2.45, 2.75) is 0 Å². The highest BCUT2D eigenvalue weighted by Crippen LogP contribution is 2.31. The summed E-state index contributed by atoms with van der Waals surface area (Å²) in [6, 6.07) is 15.3. The van der Waals surface area contributed by atoms with Crippen LogP contribution < -0.4 is 0 Å². The van der Waals surface area contributed by atoms with Gasteiger partial charge in [-0.15, -0.1) is 0 Å². The Hall–Kier alpha value is -2.06. The van der Waals surface area contributed by atoms with Gasteiger partial charge in [-0.3, -0.25) is 0 Å². The Balaban J connectivity index is 2.46. The van der Waals surface area contributed by atoms with Crippen LogP contribution in [0.4, 0.5) is 0 Å². The fourth-order valence-electron chi connectivity index (χ4n) is 1.68. The molecule has 2 nitrogen and oxygen atoms in total. The highest BCUT2D eigenvalue weighted by atomic mass is 35.5. The zero-order chi connectivity index (χ0) is 13.0. The summed E-state index contributed by atoms with van der Waals surface area (Å²) in [5.74, 6) is -0.990. The van der Waals surface area contributed by atoms with Crippen LogP contribution in [0.1, 0.15) is 5.56 Å². The van der Waals surface area contributed by atoms with Crippen molar-refractivity contribution in [2.75, 3.05) is 0 Å². The van der Waals surface area contributed by atoms with Crippen LogP contribution in [0.2, 0.25) is 5.02 Å². The first kappa shape index (κ1) is 12.4. The minimum atomic E-state index is -0.990. The van der Waals surface area contributed by atoms with Crippen LogP contribution >= 0.6 is 11.6 Å². The van der Waals surface area contributed by atoms with Crippen molar-refractivity contribution in [2.24, 2.45) is 0 Å². The van der Waals surface area contributed by atoms with Gasteiger partial charge in [0.05, 0.1) is 5.02 Å². The van der Waals surface area contributed by atoms with Crippen molar-refractivity contribution in [1.82, 2.24) is 0 Å². The van der Waals surface area contributed by atoms with Gasteiger partial charge < -0.3 is 5.11 Å². The molecule has 0 aliphatic heterocycles. The van der Waals surface area contributed by atoms with Gasteiger partial charge >= 0.3 is 5.97 Å². The number of carboxylic acids is 1. The number of carboxylic acid groups (broad SMARTS) is 1. The lowest BCUT2D eigenvalue weighted by Crippen LogP contribution is -1.87. The first-order valence-corrected chi connectivity index (χ1v) is 5.81. The average Bonchev–Trinajstić information content (AvgIpc) is 2.38. The van der Waals surface area contributed by atoms with Gasteiger partial charge in [0.25, 0.3) is 0 Å². The number of hydrogen-bond acceptors (Lipinski definition) is 1. The standard InChI is InChI=1S/C15H11ClO2/c16-15-12(9-10-14(17)18)7-4-8-13(15)11-5-2-1-3-6-11/h1-10H,(H,17,18)/b10-9+. The van der Waals surface area contributed by atoms with Crippen molar-refractivity contribution < 1.29 is 9.90 Å². The number of benzene rings is 2. The topological polar surface area (TPSA) is 37.3 Å². The Morgan fingerprint density at radius 2 is 1.78 bits per heavy atom. The first-order chi connectivity index (χ1) is 8.68. The van der Waals surface area contributed by atoms with Gasteiger partial charge in [0.2, 0.25) is 0 Å². The molecule has 0 heterocycles. The van der Waals surface area contributed by atoms with Crippen LogP contribution in [0.3, 0.4) is 0 Å². The van der Waals surface area contributed by atoms with Gasteiger partial charge in [0, 0.05) is 11.6 Å². The van der Waals surface area contributed by atoms with Crippen LogP contribution in [0.5, 0.6) is 0 Å². The Bertz CT molecular complexity index is 589. The fraction of sp³-hybridized carbons (Fsp3) is 0. The van der Waals surface area contributed by atoms with E-state index in [0.29, 0.717) is 10.6 Å². The Labute approximate surface area is 110 Å². The van der Waals surface area contributed by atoms with Gasteiger partial charge in [-0.2, -0.15) is 0 Å². The molecule has 0 atom stereocenters. The molecular formula is C15H11ClO2. The van der Waals surface area contributed by atoms with Crippen LogP contribution in [0, 0.1) is 0 Å². The lowest BCUT2D eigenvalue weighted by Gasteiger charge is -2.06. The minimum Gasteiger partial charge on any atom is -0.478 e. The maximum Gasteiger partial charge on any atom is 0.328 e. The van der Waals surface area contributed by atoms with Crippen LogP contribution in [-0.2, 0) is 4.79 Å². The number of rotatable bonds is 3. The molecule has 0 unspecified atom stereocenters. The predicted octanol–water partition coefficient (Wildman–Crippen LogP) is 4.10. The van der Waals surface area contributed by atoms with Crippen molar-refractivity contribution >= 4 is 23.6 Å². The van der Waals surface area contributed by atoms with E-state index >= 15 is 0 Å². The molecule has 2 aromatic carbocycles. The third kappa shape index (κ3) is 2.79. The monoisotopic (exact) mass is 258 g/mol. The van der Waals surface area contributed by atoms with E-state index in [9.17, 15) is 4.79 Å². The number of aliphatic carboxylic acids is 1. The summed E-state index contributed by atoms with van der Waals surface area (Å²) in [6.45, 7) is 0. The van der Waals surface area contributed by atoms with Crippen molar-refractivity contribution in [3.63, 3.8) is 0 Å². The number of halogens is 1. The van der Waals surface area contributed by atoms with E-state index in [2.05, 4.69) is 0 Å². The average molecular weight is 259 g/mol. The Morgan fingerprint density at radius 1 is 1.06 bits per heavy atom. The number of carbonyl (C=O) groups is 1. The quantitative estimate of drug-likeness (QED) is 0.842. The molecule has 0 radical (unpaired) electrons. The third-order valence-corrected chi connectivity index (χ3v) is 2.94. The molecule has 1 N–H and O–H groups in total. The molecule has 0 aliphatic carbocycles. The molecule has 3 heteroatoms. The molecule has 18 heavy (non-hydrogen) atoms. The largest absolute Gasteiger partial charge is 0.478 e. The molecule has 90 valence electrons. The van der Waals surface area contributed by atoms with Gasteiger partial charge in [-0.25, -0.2) is 4.79 Å². The smallest absolute Gasteiger partial charge is 0.328 e. The van der Waals surface area contributed by atoms with Gasteiger partial charge in [0.15, 0.2) is 0 Å². The molecule has 2 aromatic rings. The summed E-state index contributed by atoms with van der Waals surface area (Å²) in [4.78, 5) is 10.5. The SMILES string of the molecule is O=C(O)/C=C/c1cccc(-c2ccccc2)c1Cl. The molecule has 0 saturated carbocycles. The third-order valence-electron chi connectivity index (χ3n) is 2.52. The zero-order valence-corrected chi connectivity index (χ0v) is 10.3. The second kappa shape index (κ2) is 5.52. The summed E-state index contributed by atoms with van der Waals surface area (Å²) in [5, 5.41) is 9.18. The van der Waals surface area contributed by atoms with Gasteiger partial charge in [-0.05, 0) is 17.2 Å². The molecular weight excluding hydrogens is 248 g/mol. The molecule has 2 rings (SSSR count). The maximum absolute atomic E-state index is 10.5. The fourth-order valence-corrected chi connectivity index (χ4v) is 1.98. The van der Waals surface area contributed by atoms with E-state index in [1.165, 1.54) is 6.08 Å². The second-order valence-electron chi connectivity index (χ2n) is 3.75. The molecule has 0 spiro atoms. The van der Waals surface area contributed by atoms with E-state index < -0.39 is 5.97 Å². The first-order valence-electron chi connectivity index (χ1n) is 5.43. The highest BCUT2D eigenvalue weighted by molar-refractivity contribution is 6.34. The van der Waals surface area contributed by atoms with E-state index in [4.69, 9.17) is 16.7 Å². The van der Waals surface area contributed by atoms with Gasteiger partial charge in [-0.1, -0.05) is 60.1 Å². The molecule has 0 saturated heterocycles. The minimum absolute atomic E-state index is 0.557. The summed E-state index contributed by atoms with van der Waals surface area (Å²) in [6.07, 6.45) is 2.58. The molecule has 0 amide bonds. The van der Waals surface area contributed by atoms with Gasteiger partial charge in [0.1, 0.15) is 0 Å². The van der Waals surface area contributed by atoms with Crippen LogP contribution in [0.15, 0.2) is 54.6 Å². The summed E-state index contributed by atoms with van der Waals surface area (Å²) in [7, 11) is 0. The lowest BCUT2D eigenvalue weighted by molar-refractivity contribution is -0.131. The molecule has 0 fully saturated rings. The van der Waals surface area contributed by atoms with E-state index in [1.54, 1.807) is 6.07 Å². The van der Waals surface area contributed by atoms with Crippen molar-refractivity contribution in [3.05, 3.63) is 65.2 Å². The van der Waals surface area contributed by atoms with E-state index in [-0.39, 0.29) is 0 Å². The summed E-state index contributed by atoms with van der Waals surface area (Å²) < 4.78 is 0. The Kier molecular flexibility index (Phi) is 3.80. The second-order valence-corrected chi connectivity index (χ2v) is 4.12. The molecule has 0 aromatic heterocycles. The Morgan fingerprint density at radius 3 is 2.44 bits per heavy atom. The predicted molar refractivity (Wildman–Crippen MR) is 73.6 cm³/mol. The summed E-state index contributed by atoms with van der Waals surface area (Å²) in [5.41, 5.74) is 2.60. The normalized spacial score (nSPS) is 10.7. The van der Waals surface area contributed by atoms with Crippen LogP contribution in [-0.4, -0.2) is 11.1 Å². The molecule has 0 aliphatic rings. The van der Waals surface area contributed by atoms with Crippen molar-refractivity contribution in [3.8, 4) is 11.1 Å². The van der Waals surface area contributed by atoms with E-state index in [1.807, 2.05) is 42.5 Å². The summed E-state index contributed by atoms with van der Waals surface area (Å²) >= 11 is 6.28. The maximum atomic E-state index is 10.5. The highest BCUT2D eigenvalue weighted by Gasteiger charge is 2.05. The zero-order valence-electron chi connectivity index (χ0n) is 9.51.